The highest BCUT2D eigenvalue weighted by Crippen LogP contribution is 2.32. The molecule has 0 atom stereocenters. The molecule has 1 aromatic carbocycles. The van der Waals surface area contributed by atoms with Crippen molar-refractivity contribution in [2.24, 2.45) is 0 Å². The van der Waals surface area contributed by atoms with E-state index in [4.69, 9.17) is 0 Å². The molecule has 2 N–H and O–H groups in total. The van der Waals surface area contributed by atoms with Crippen molar-refractivity contribution in [3.05, 3.63) is 29.6 Å². The molecule has 1 rings (SSSR count). The van der Waals surface area contributed by atoms with Crippen LogP contribution in [0.5, 0.6) is 0 Å². The molecule has 0 heterocycles. The Morgan fingerprint density at radius 1 is 1.30 bits per heavy atom. The quantitative estimate of drug-likeness (QED) is 0.818. The van der Waals surface area contributed by atoms with Crippen LogP contribution in [-0.4, -0.2) is 18.5 Å². The van der Waals surface area contributed by atoms with Crippen LogP contribution in [0.3, 0.4) is 0 Å². The summed E-state index contributed by atoms with van der Waals surface area (Å²) in [6, 6.07) is 2.58. The molecule has 0 bridgehead atoms. The molecular formula is C13H16F4N2O. The molecule has 0 saturated carbocycles. The van der Waals surface area contributed by atoms with Gasteiger partial charge in [0.05, 0.1) is 5.56 Å². The van der Waals surface area contributed by atoms with E-state index >= 15 is 0 Å². The number of hydrogen-bond donors (Lipinski definition) is 2. The van der Waals surface area contributed by atoms with Crippen molar-refractivity contribution in [3.63, 3.8) is 0 Å². The zero-order chi connectivity index (χ0) is 15.3. The van der Waals surface area contributed by atoms with Gasteiger partial charge in [-0.2, -0.15) is 13.2 Å². The average molecular weight is 292 g/mol. The normalized spacial score (nSPS) is 11.8. The van der Waals surface area contributed by atoms with Crippen LogP contribution in [0.15, 0.2) is 18.2 Å². The molecule has 20 heavy (non-hydrogen) atoms. The van der Waals surface area contributed by atoms with E-state index in [1.807, 2.05) is 13.8 Å². The minimum atomic E-state index is -4.79. The lowest BCUT2D eigenvalue weighted by molar-refractivity contribution is -0.140. The van der Waals surface area contributed by atoms with Gasteiger partial charge in [-0.1, -0.05) is 13.8 Å². The summed E-state index contributed by atoms with van der Waals surface area (Å²) >= 11 is 0. The van der Waals surface area contributed by atoms with Gasteiger partial charge in [0.15, 0.2) is 0 Å². The number of carbonyl (C=O) groups excluding carboxylic acids is 1. The van der Waals surface area contributed by atoms with Gasteiger partial charge in [0.2, 0.25) is 5.91 Å². The number of nitrogens with one attached hydrogen (secondary N) is 2. The van der Waals surface area contributed by atoms with Crippen molar-refractivity contribution < 1.29 is 22.4 Å². The van der Waals surface area contributed by atoms with Gasteiger partial charge in [-0.15, -0.1) is 0 Å². The van der Waals surface area contributed by atoms with Gasteiger partial charge in [-0.25, -0.2) is 4.39 Å². The fraction of sp³-hybridized carbons (Fsp3) is 0.462. The van der Waals surface area contributed by atoms with Crippen LogP contribution >= 0.6 is 0 Å². The summed E-state index contributed by atoms with van der Waals surface area (Å²) in [4.78, 5) is 11.5. The SMILES string of the molecule is CC(C)NCCC(=O)Nc1ccc(F)c(C(F)(F)F)c1. The molecule has 0 spiro atoms. The molecule has 0 unspecified atom stereocenters. The summed E-state index contributed by atoms with van der Waals surface area (Å²) in [5, 5.41) is 5.32. The molecular weight excluding hydrogens is 276 g/mol. The Morgan fingerprint density at radius 3 is 2.50 bits per heavy atom. The number of alkyl halides is 3. The lowest BCUT2D eigenvalue weighted by Gasteiger charge is -2.11. The molecule has 112 valence electrons. The van der Waals surface area contributed by atoms with E-state index in [1.54, 1.807) is 0 Å². The van der Waals surface area contributed by atoms with Gasteiger partial charge in [-0.05, 0) is 18.2 Å². The zero-order valence-electron chi connectivity index (χ0n) is 11.1. The zero-order valence-corrected chi connectivity index (χ0v) is 11.1. The Kier molecular flexibility index (Phi) is 5.50. The molecule has 1 aromatic rings. The Morgan fingerprint density at radius 2 is 1.95 bits per heavy atom. The number of hydrogen-bond acceptors (Lipinski definition) is 2. The van der Waals surface area contributed by atoms with Gasteiger partial charge in [-0.3, -0.25) is 4.79 Å². The standard InChI is InChI=1S/C13H16F4N2O/c1-8(2)18-6-5-12(20)19-9-3-4-11(14)10(7-9)13(15,16)17/h3-4,7-8,18H,5-6H2,1-2H3,(H,19,20). The van der Waals surface area contributed by atoms with E-state index in [0.717, 1.165) is 6.07 Å². The fourth-order valence-electron chi connectivity index (χ4n) is 1.52. The molecule has 7 heteroatoms. The maximum atomic E-state index is 13.1. The molecule has 0 aromatic heterocycles. The van der Waals surface area contributed by atoms with Gasteiger partial charge in [0.1, 0.15) is 5.82 Å². The molecule has 0 aliphatic carbocycles. The van der Waals surface area contributed by atoms with Crippen molar-refractivity contribution in [1.29, 1.82) is 0 Å². The van der Waals surface area contributed by atoms with Crippen LogP contribution in [0.4, 0.5) is 23.2 Å². The second-order valence-electron chi connectivity index (χ2n) is 4.60. The van der Waals surface area contributed by atoms with Gasteiger partial charge >= 0.3 is 6.18 Å². The van der Waals surface area contributed by atoms with Crippen LogP contribution in [-0.2, 0) is 11.0 Å². The van der Waals surface area contributed by atoms with Gasteiger partial charge < -0.3 is 10.6 Å². The van der Waals surface area contributed by atoms with Crippen molar-refractivity contribution in [2.75, 3.05) is 11.9 Å². The maximum absolute atomic E-state index is 13.1. The first-order chi connectivity index (χ1) is 9.20. The number of halogens is 4. The first kappa shape index (κ1) is 16.4. The van der Waals surface area contributed by atoms with E-state index in [9.17, 15) is 22.4 Å². The lowest BCUT2D eigenvalue weighted by atomic mass is 10.1. The average Bonchev–Trinajstić information content (AvgIpc) is 2.29. The molecule has 1 amide bonds. The summed E-state index contributed by atoms with van der Waals surface area (Å²) in [7, 11) is 0. The third-order valence-corrected chi connectivity index (χ3v) is 2.46. The van der Waals surface area contributed by atoms with Crippen molar-refractivity contribution >= 4 is 11.6 Å². The summed E-state index contributed by atoms with van der Waals surface area (Å²) in [5.74, 6) is -1.80. The van der Waals surface area contributed by atoms with Gasteiger partial charge in [0, 0.05) is 24.7 Å². The van der Waals surface area contributed by atoms with E-state index in [-0.39, 0.29) is 18.2 Å². The number of benzene rings is 1. The van der Waals surface area contributed by atoms with E-state index in [2.05, 4.69) is 10.6 Å². The maximum Gasteiger partial charge on any atom is 0.419 e. The number of amides is 1. The predicted molar refractivity (Wildman–Crippen MR) is 67.8 cm³/mol. The van der Waals surface area contributed by atoms with Crippen molar-refractivity contribution in [2.45, 2.75) is 32.5 Å². The largest absolute Gasteiger partial charge is 0.419 e. The monoisotopic (exact) mass is 292 g/mol. The van der Waals surface area contributed by atoms with Crippen molar-refractivity contribution in [3.8, 4) is 0 Å². The Hall–Kier alpha value is -1.63. The van der Waals surface area contributed by atoms with E-state index in [1.165, 1.54) is 0 Å². The van der Waals surface area contributed by atoms with Crippen LogP contribution in [0.25, 0.3) is 0 Å². The molecule has 0 fully saturated rings. The molecule has 0 radical (unpaired) electrons. The fourth-order valence-corrected chi connectivity index (χ4v) is 1.52. The van der Waals surface area contributed by atoms with Gasteiger partial charge in [0.25, 0.3) is 0 Å². The highest BCUT2D eigenvalue weighted by Gasteiger charge is 2.34. The highest BCUT2D eigenvalue weighted by molar-refractivity contribution is 5.90. The highest BCUT2D eigenvalue weighted by atomic mass is 19.4. The Labute approximate surface area is 114 Å². The van der Waals surface area contributed by atoms with Crippen LogP contribution in [0, 0.1) is 5.82 Å². The molecule has 0 aliphatic rings. The number of carbonyl (C=O) groups is 1. The third kappa shape index (κ3) is 5.16. The Bertz CT molecular complexity index is 472. The molecule has 0 saturated heterocycles. The topological polar surface area (TPSA) is 41.1 Å². The van der Waals surface area contributed by atoms with E-state index in [0.29, 0.717) is 18.7 Å². The predicted octanol–water partition coefficient (Wildman–Crippen LogP) is 3.17. The smallest absolute Gasteiger partial charge is 0.326 e. The third-order valence-electron chi connectivity index (χ3n) is 2.46. The Balaban J connectivity index is 2.67. The lowest BCUT2D eigenvalue weighted by Crippen LogP contribution is -2.27. The summed E-state index contributed by atoms with van der Waals surface area (Å²) in [5.41, 5.74) is -1.47. The second-order valence-corrected chi connectivity index (χ2v) is 4.60. The van der Waals surface area contributed by atoms with Crippen molar-refractivity contribution in [1.82, 2.24) is 5.32 Å². The summed E-state index contributed by atoms with van der Waals surface area (Å²) in [6.45, 7) is 4.23. The molecule has 0 aliphatic heterocycles. The molecule has 3 nitrogen and oxygen atoms in total. The minimum Gasteiger partial charge on any atom is -0.326 e. The minimum absolute atomic E-state index is 0.0757. The number of rotatable bonds is 5. The summed E-state index contributed by atoms with van der Waals surface area (Å²) in [6.07, 6.45) is -4.67. The van der Waals surface area contributed by atoms with Crippen LogP contribution < -0.4 is 10.6 Å². The number of anilines is 1. The van der Waals surface area contributed by atoms with Crippen LogP contribution in [0.1, 0.15) is 25.8 Å². The first-order valence-corrected chi connectivity index (χ1v) is 6.10. The second kappa shape index (κ2) is 6.69. The first-order valence-electron chi connectivity index (χ1n) is 6.10. The van der Waals surface area contributed by atoms with E-state index < -0.39 is 23.5 Å². The van der Waals surface area contributed by atoms with Crippen LogP contribution in [0.2, 0.25) is 0 Å². The summed E-state index contributed by atoms with van der Waals surface area (Å²) < 4.78 is 50.5.